The third-order valence-electron chi connectivity index (χ3n) is 3.56. The molecule has 2 rings (SSSR count). The van der Waals surface area contributed by atoms with E-state index in [1.165, 1.54) is 0 Å². The molecule has 1 amide bonds. The van der Waals surface area contributed by atoms with Gasteiger partial charge in [0.1, 0.15) is 17.5 Å². The zero-order valence-electron chi connectivity index (χ0n) is 13.4. The van der Waals surface area contributed by atoms with Crippen molar-refractivity contribution < 1.29 is 4.79 Å². The Bertz CT molecular complexity index is 499. The maximum Gasteiger partial charge on any atom is 0.241 e. The largest absolute Gasteiger partial charge is 0.370 e. The molecular formula is C15H25N5O. The molecule has 0 aliphatic heterocycles. The van der Waals surface area contributed by atoms with E-state index in [9.17, 15) is 4.79 Å². The molecule has 1 saturated carbocycles. The highest BCUT2D eigenvalue weighted by molar-refractivity contribution is 5.80. The molecule has 1 aliphatic rings. The van der Waals surface area contributed by atoms with Crippen LogP contribution in [0.4, 0.5) is 11.6 Å². The third-order valence-corrected chi connectivity index (χ3v) is 3.56. The van der Waals surface area contributed by atoms with E-state index < -0.39 is 0 Å². The van der Waals surface area contributed by atoms with E-state index in [1.54, 1.807) is 19.0 Å². The second kappa shape index (κ2) is 6.74. The topological polar surface area (TPSA) is 61.4 Å². The van der Waals surface area contributed by atoms with Crippen LogP contribution in [0.2, 0.25) is 0 Å². The number of carbonyl (C=O) groups excluding carboxylic acids is 1. The number of likely N-dealkylation sites (N-methyl/N-ethyl adjacent to an activating group) is 2. The molecule has 1 N–H and O–H groups in total. The fraction of sp³-hybridized carbons (Fsp3) is 0.667. The van der Waals surface area contributed by atoms with Gasteiger partial charge in [-0.25, -0.2) is 9.97 Å². The van der Waals surface area contributed by atoms with Crippen molar-refractivity contribution in [3.8, 4) is 0 Å². The van der Waals surface area contributed by atoms with E-state index in [-0.39, 0.29) is 5.91 Å². The predicted octanol–water partition coefficient (Wildman–Crippen LogP) is 1.70. The quantitative estimate of drug-likeness (QED) is 0.828. The second-order valence-corrected chi connectivity index (χ2v) is 5.58. The lowest BCUT2D eigenvalue weighted by Crippen LogP contribution is -2.37. The van der Waals surface area contributed by atoms with E-state index in [2.05, 4.69) is 15.3 Å². The molecule has 0 bridgehead atoms. The van der Waals surface area contributed by atoms with Crippen LogP contribution in [0.15, 0.2) is 6.07 Å². The highest BCUT2D eigenvalue weighted by Crippen LogP contribution is 2.39. The molecule has 1 aliphatic carbocycles. The first-order valence-corrected chi connectivity index (χ1v) is 7.63. The summed E-state index contributed by atoms with van der Waals surface area (Å²) in [7, 11) is 3.55. The molecule has 0 saturated heterocycles. The molecule has 6 nitrogen and oxygen atoms in total. The van der Waals surface area contributed by atoms with Crippen molar-refractivity contribution in [1.29, 1.82) is 0 Å². The summed E-state index contributed by atoms with van der Waals surface area (Å²) in [4.78, 5) is 24.8. The number of aromatic nitrogens is 2. The van der Waals surface area contributed by atoms with Crippen LogP contribution in [0.5, 0.6) is 0 Å². The molecule has 1 fully saturated rings. The molecule has 0 spiro atoms. The van der Waals surface area contributed by atoms with Gasteiger partial charge in [0.25, 0.3) is 0 Å². The SMILES string of the molecule is CCNc1cc(N(CC)CC(=O)N(C)C)nc(C2CC2)n1. The van der Waals surface area contributed by atoms with Crippen LogP contribution in [0, 0.1) is 0 Å². The highest BCUT2D eigenvalue weighted by atomic mass is 16.2. The Morgan fingerprint density at radius 2 is 2.05 bits per heavy atom. The van der Waals surface area contributed by atoms with Gasteiger partial charge in [-0.15, -0.1) is 0 Å². The summed E-state index contributed by atoms with van der Waals surface area (Å²) < 4.78 is 0. The minimum absolute atomic E-state index is 0.0773. The molecule has 0 aromatic carbocycles. The van der Waals surface area contributed by atoms with Crippen molar-refractivity contribution >= 4 is 17.5 Å². The smallest absolute Gasteiger partial charge is 0.241 e. The van der Waals surface area contributed by atoms with Crippen molar-refractivity contribution in [2.24, 2.45) is 0 Å². The standard InChI is InChI=1S/C15H25N5O/c1-5-16-12-9-13(18-15(17-12)11-7-8-11)20(6-2)10-14(21)19(3)4/h9,11H,5-8,10H2,1-4H3,(H,16,17,18). The minimum atomic E-state index is 0.0773. The number of anilines is 2. The van der Waals surface area contributed by atoms with Gasteiger partial charge >= 0.3 is 0 Å². The van der Waals surface area contributed by atoms with E-state index in [0.29, 0.717) is 12.5 Å². The lowest BCUT2D eigenvalue weighted by atomic mass is 10.3. The average Bonchev–Trinajstić information content (AvgIpc) is 3.28. The number of carbonyl (C=O) groups is 1. The number of nitrogens with one attached hydrogen (secondary N) is 1. The predicted molar refractivity (Wildman–Crippen MR) is 84.8 cm³/mol. The Labute approximate surface area is 126 Å². The Morgan fingerprint density at radius 1 is 1.33 bits per heavy atom. The molecule has 0 atom stereocenters. The van der Waals surface area contributed by atoms with Crippen LogP contribution < -0.4 is 10.2 Å². The maximum atomic E-state index is 12.0. The van der Waals surface area contributed by atoms with Crippen LogP contribution in [-0.4, -0.2) is 54.5 Å². The normalized spacial score (nSPS) is 13.9. The molecule has 6 heteroatoms. The number of amides is 1. The van der Waals surface area contributed by atoms with Crippen LogP contribution in [0.1, 0.15) is 38.4 Å². The van der Waals surface area contributed by atoms with Gasteiger partial charge in [-0.05, 0) is 26.7 Å². The Morgan fingerprint density at radius 3 is 2.57 bits per heavy atom. The van der Waals surface area contributed by atoms with Gasteiger partial charge in [0.2, 0.25) is 5.91 Å². The van der Waals surface area contributed by atoms with Gasteiger partial charge < -0.3 is 15.1 Å². The lowest BCUT2D eigenvalue weighted by Gasteiger charge is -2.24. The van der Waals surface area contributed by atoms with Gasteiger partial charge in [0.15, 0.2) is 0 Å². The van der Waals surface area contributed by atoms with Crippen LogP contribution in [0.3, 0.4) is 0 Å². The van der Waals surface area contributed by atoms with E-state index in [1.807, 2.05) is 24.8 Å². The number of hydrogen-bond donors (Lipinski definition) is 1. The number of nitrogens with zero attached hydrogens (tertiary/aromatic N) is 4. The maximum absolute atomic E-state index is 12.0. The van der Waals surface area contributed by atoms with Gasteiger partial charge in [-0.3, -0.25) is 4.79 Å². The molecule has 0 radical (unpaired) electrons. The fourth-order valence-electron chi connectivity index (χ4n) is 2.07. The molecule has 1 heterocycles. The summed E-state index contributed by atoms with van der Waals surface area (Å²) in [5, 5.41) is 3.25. The van der Waals surface area contributed by atoms with Gasteiger partial charge in [0, 0.05) is 39.2 Å². The average molecular weight is 291 g/mol. The Hall–Kier alpha value is -1.85. The molecular weight excluding hydrogens is 266 g/mol. The highest BCUT2D eigenvalue weighted by Gasteiger charge is 2.28. The zero-order chi connectivity index (χ0) is 15.4. The molecule has 0 unspecified atom stereocenters. The Kier molecular flexibility index (Phi) is 4.98. The van der Waals surface area contributed by atoms with Crippen molar-refractivity contribution in [2.45, 2.75) is 32.6 Å². The first-order valence-electron chi connectivity index (χ1n) is 7.63. The fourth-order valence-corrected chi connectivity index (χ4v) is 2.07. The van der Waals surface area contributed by atoms with Gasteiger partial charge in [0.05, 0.1) is 6.54 Å². The van der Waals surface area contributed by atoms with E-state index in [4.69, 9.17) is 0 Å². The van der Waals surface area contributed by atoms with Crippen molar-refractivity contribution in [1.82, 2.24) is 14.9 Å². The van der Waals surface area contributed by atoms with Crippen molar-refractivity contribution in [3.05, 3.63) is 11.9 Å². The van der Waals surface area contributed by atoms with Crippen LogP contribution in [-0.2, 0) is 4.79 Å². The van der Waals surface area contributed by atoms with Crippen molar-refractivity contribution in [2.75, 3.05) is 43.9 Å². The van der Waals surface area contributed by atoms with Crippen LogP contribution >= 0.6 is 0 Å². The number of hydrogen-bond acceptors (Lipinski definition) is 5. The summed E-state index contributed by atoms with van der Waals surface area (Å²) >= 11 is 0. The summed E-state index contributed by atoms with van der Waals surface area (Å²) in [6.45, 7) is 5.99. The Balaban J connectivity index is 2.24. The zero-order valence-corrected chi connectivity index (χ0v) is 13.4. The van der Waals surface area contributed by atoms with Gasteiger partial charge in [-0.1, -0.05) is 0 Å². The summed E-state index contributed by atoms with van der Waals surface area (Å²) in [6, 6.07) is 1.93. The minimum Gasteiger partial charge on any atom is -0.370 e. The third kappa shape index (κ3) is 4.06. The monoisotopic (exact) mass is 291 g/mol. The molecule has 1 aromatic rings. The summed E-state index contributed by atoms with van der Waals surface area (Å²) in [5.74, 6) is 3.15. The molecule has 1 aromatic heterocycles. The van der Waals surface area contributed by atoms with Crippen molar-refractivity contribution in [3.63, 3.8) is 0 Å². The van der Waals surface area contributed by atoms with E-state index in [0.717, 1.165) is 43.4 Å². The van der Waals surface area contributed by atoms with Crippen LogP contribution in [0.25, 0.3) is 0 Å². The van der Waals surface area contributed by atoms with Gasteiger partial charge in [-0.2, -0.15) is 0 Å². The second-order valence-electron chi connectivity index (χ2n) is 5.58. The molecule has 116 valence electrons. The van der Waals surface area contributed by atoms with E-state index >= 15 is 0 Å². The first-order chi connectivity index (χ1) is 10.0. The lowest BCUT2D eigenvalue weighted by molar-refractivity contribution is -0.127. The summed E-state index contributed by atoms with van der Waals surface area (Å²) in [5.41, 5.74) is 0. The number of rotatable bonds is 7. The molecule has 21 heavy (non-hydrogen) atoms. The first kappa shape index (κ1) is 15.5. The summed E-state index contributed by atoms with van der Waals surface area (Å²) in [6.07, 6.45) is 2.33.